The number of esters is 1. The maximum atomic E-state index is 12.2. The van der Waals surface area contributed by atoms with Gasteiger partial charge in [-0.1, -0.05) is 19.1 Å². The molecule has 0 radical (unpaired) electrons. The van der Waals surface area contributed by atoms with Gasteiger partial charge in [-0.3, -0.25) is 0 Å². The number of nitrogens with two attached hydrogens (primary N) is 1. The van der Waals surface area contributed by atoms with Crippen LogP contribution in [0.2, 0.25) is 0 Å². The predicted molar refractivity (Wildman–Crippen MR) is 78.8 cm³/mol. The van der Waals surface area contributed by atoms with Gasteiger partial charge >= 0.3 is 5.97 Å². The van der Waals surface area contributed by atoms with Crippen LogP contribution in [0.3, 0.4) is 0 Å². The second kappa shape index (κ2) is 6.74. The van der Waals surface area contributed by atoms with Crippen LogP contribution in [-0.4, -0.2) is 25.3 Å². The van der Waals surface area contributed by atoms with Crippen molar-refractivity contribution in [3.63, 3.8) is 0 Å². The Hall–Kier alpha value is -1.85. The van der Waals surface area contributed by atoms with Crippen LogP contribution in [0.25, 0.3) is 0 Å². The van der Waals surface area contributed by atoms with Gasteiger partial charge in [-0.25, -0.2) is 4.79 Å². The molecule has 114 valence electrons. The van der Waals surface area contributed by atoms with Crippen molar-refractivity contribution < 1.29 is 19.0 Å². The summed E-state index contributed by atoms with van der Waals surface area (Å²) in [6.07, 6.45) is 4.17. The number of hydrogen-bond donors (Lipinski definition) is 1. The van der Waals surface area contributed by atoms with E-state index in [1.807, 2.05) is 31.2 Å². The number of carbonyl (C=O) groups is 1. The third-order valence-electron chi connectivity index (χ3n) is 3.63. The minimum absolute atomic E-state index is 0.189. The first-order chi connectivity index (χ1) is 10.1. The number of carbonyl (C=O) groups excluding carboxylic acids is 1. The SMILES string of the molecule is CCC1(C(=O)OCc2ccc(OC)c(CN)c2)C=CCO1. The first-order valence-corrected chi connectivity index (χ1v) is 7.00. The Labute approximate surface area is 124 Å². The van der Waals surface area contributed by atoms with Gasteiger partial charge < -0.3 is 19.9 Å². The average Bonchev–Trinajstić information content (AvgIpc) is 3.02. The van der Waals surface area contributed by atoms with Crippen LogP contribution in [0.1, 0.15) is 24.5 Å². The van der Waals surface area contributed by atoms with Crippen molar-refractivity contribution >= 4 is 5.97 Å². The Morgan fingerprint density at radius 2 is 2.29 bits per heavy atom. The summed E-state index contributed by atoms with van der Waals surface area (Å²) < 4.78 is 16.1. The lowest BCUT2D eigenvalue weighted by molar-refractivity contribution is -0.165. The third-order valence-corrected chi connectivity index (χ3v) is 3.63. The molecule has 2 rings (SSSR count). The highest BCUT2D eigenvalue weighted by molar-refractivity contribution is 5.82. The number of benzene rings is 1. The summed E-state index contributed by atoms with van der Waals surface area (Å²) in [4.78, 5) is 12.2. The van der Waals surface area contributed by atoms with Crippen LogP contribution >= 0.6 is 0 Å². The highest BCUT2D eigenvalue weighted by Crippen LogP contribution is 2.26. The van der Waals surface area contributed by atoms with E-state index in [1.54, 1.807) is 13.2 Å². The minimum Gasteiger partial charge on any atom is -0.496 e. The van der Waals surface area contributed by atoms with E-state index in [9.17, 15) is 4.79 Å². The van der Waals surface area contributed by atoms with Crippen LogP contribution in [0.15, 0.2) is 30.4 Å². The third kappa shape index (κ3) is 3.25. The van der Waals surface area contributed by atoms with Gasteiger partial charge in [-0.05, 0) is 30.2 Å². The fourth-order valence-electron chi connectivity index (χ4n) is 2.33. The van der Waals surface area contributed by atoms with E-state index in [0.29, 0.717) is 19.6 Å². The molecular weight excluding hydrogens is 270 g/mol. The molecule has 0 aromatic heterocycles. The number of hydrogen-bond acceptors (Lipinski definition) is 5. The molecule has 1 aliphatic heterocycles. The van der Waals surface area contributed by atoms with Gasteiger partial charge in [0.15, 0.2) is 5.60 Å². The lowest BCUT2D eigenvalue weighted by Crippen LogP contribution is -2.38. The molecular formula is C16H21NO4. The van der Waals surface area contributed by atoms with Crippen molar-refractivity contribution in [1.29, 1.82) is 0 Å². The highest BCUT2D eigenvalue weighted by Gasteiger charge is 2.39. The maximum absolute atomic E-state index is 12.2. The molecule has 1 aromatic carbocycles. The zero-order valence-corrected chi connectivity index (χ0v) is 12.4. The monoisotopic (exact) mass is 291 g/mol. The molecule has 0 fully saturated rings. The Balaban J connectivity index is 2.03. The van der Waals surface area contributed by atoms with Crippen molar-refractivity contribution in [2.24, 2.45) is 5.73 Å². The molecule has 0 spiro atoms. The Bertz CT molecular complexity index is 541. The molecule has 1 atom stereocenters. The summed E-state index contributed by atoms with van der Waals surface area (Å²) in [6.45, 7) is 2.91. The van der Waals surface area contributed by atoms with E-state index < -0.39 is 5.60 Å². The van der Waals surface area contributed by atoms with E-state index >= 15 is 0 Å². The summed E-state index contributed by atoms with van der Waals surface area (Å²) in [6, 6.07) is 5.57. The van der Waals surface area contributed by atoms with Crippen LogP contribution < -0.4 is 10.5 Å². The fraction of sp³-hybridized carbons (Fsp3) is 0.438. The first-order valence-electron chi connectivity index (χ1n) is 7.00. The molecule has 5 nitrogen and oxygen atoms in total. The number of rotatable bonds is 6. The van der Waals surface area contributed by atoms with Crippen molar-refractivity contribution in [3.8, 4) is 5.75 Å². The summed E-state index contributed by atoms with van der Waals surface area (Å²) in [5, 5.41) is 0. The molecule has 0 bridgehead atoms. The molecule has 0 amide bonds. The maximum Gasteiger partial charge on any atom is 0.342 e. The molecule has 1 aromatic rings. The van der Waals surface area contributed by atoms with Gasteiger partial charge in [0.05, 0.1) is 13.7 Å². The smallest absolute Gasteiger partial charge is 0.342 e. The summed E-state index contributed by atoms with van der Waals surface area (Å²) in [5.74, 6) is 0.378. The van der Waals surface area contributed by atoms with Gasteiger partial charge in [0.1, 0.15) is 12.4 Å². The molecule has 5 heteroatoms. The molecule has 1 heterocycles. The Morgan fingerprint density at radius 3 is 2.86 bits per heavy atom. The Morgan fingerprint density at radius 1 is 1.48 bits per heavy atom. The van der Waals surface area contributed by atoms with Gasteiger partial charge in [0.25, 0.3) is 0 Å². The molecule has 21 heavy (non-hydrogen) atoms. The van der Waals surface area contributed by atoms with Crippen LogP contribution in [0.5, 0.6) is 5.75 Å². The van der Waals surface area contributed by atoms with Crippen LogP contribution in [0, 0.1) is 0 Å². The normalized spacial score (nSPS) is 20.5. The zero-order chi connectivity index (χ0) is 15.3. The van der Waals surface area contributed by atoms with E-state index in [2.05, 4.69) is 0 Å². The average molecular weight is 291 g/mol. The van der Waals surface area contributed by atoms with E-state index in [0.717, 1.165) is 16.9 Å². The summed E-state index contributed by atoms with van der Waals surface area (Å²) >= 11 is 0. The van der Waals surface area contributed by atoms with Gasteiger partial charge in [0, 0.05) is 12.1 Å². The number of ether oxygens (including phenoxy) is 3. The summed E-state index contributed by atoms with van der Waals surface area (Å²) in [7, 11) is 1.60. The second-order valence-electron chi connectivity index (χ2n) is 4.88. The fourth-order valence-corrected chi connectivity index (χ4v) is 2.33. The van der Waals surface area contributed by atoms with Crippen molar-refractivity contribution in [2.45, 2.75) is 32.1 Å². The Kier molecular flexibility index (Phi) is 4.98. The van der Waals surface area contributed by atoms with Crippen molar-refractivity contribution in [2.75, 3.05) is 13.7 Å². The standard InChI is InChI=1S/C16H21NO4/c1-3-16(7-4-8-21-16)15(18)20-11-12-5-6-14(19-2)13(9-12)10-17/h4-7,9H,3,8,10-11,17H2,1-2H3. The van der Waals surface area contributed by atoms with Crippen molar-refractivity contribution in [1.82, 2.24) is 0 Å². The number of methoxy groups -OCH3 is 1. The molecule has 1 unspecified atom stereocenters. The molecule has 0 saturated carbocycles. The van der Waals surface area contributed by atoms with E-state index in [4.69, 9.17) is 19.9 Å². The highest BCUT2D eigenvalue weighted by atomic mass is 16.6. The first kappa shape index (κ1) is 15.5. The largest absolute Gasteiger partial charge is 0.496 e. The van der Waals surface area contributed by atoms with Gasteiger partial charge in [0.2, 0.25) is 0 Å². The molecule has 1 aliphatic rings. The van der Waals surface area contributed by atoms with E-state index in [-0.39, 0.29) is 12.6 Å². The second-order valence-corrected chi connectivity index (χ2v) is 4.88. The topological polar surface area (TPSA) is 70.8 Å². The lowest BCUT2D eigenvalue weighted by atomic mass is 10.0. The van der Waals surface area contributed by atoms with Crippen molar-refractivity contribution in [3.05, 3.63) is 41.5 Å². The van der Waals surface area contributed by atoms with E-state index in [1.165, 1.54) is 0 Å². The molecule has 0 saturated heterocycles. The lowest BCUT2D eigenvalue weighted by Gasteiger charge is -2.23. The zero-order valence-electron chi connectivity index (χ0n) is 12.4. The predicted octanol–water partition coefficient (Wildman–Crippen LogP) is 1.93. The quantitative estimate of drug-likeness (QED) is 0.640. The molecule has 0 aliphatic carbocycles. The van der Waals surface area contributed by atoms with Gasteiger partial charge in [-0.2, -0.15) is 0 Å². The van der Waals surface area contributed by atoms with Crippen LogP contribution in [-0.2, 0) is 27.4 Å². The minimum atomic E-state index is -0.927. The molecule has 2 N–H and O–H groups in total. The van der Waals surface area contributed by atoms with Crippen LogP contribution in [0.4, 0.5) is 0 Å². The summed E-state index contributed by atoms with van der Waals surface area (Å²) in [5.41, 5.74) is 6.50. The van der Waals surface area contributed by atoms with Gasteiger partial charge in [-0.15, -0.1) is 0 Å².